The average Bonchev–Trinajstić information content (AvgIpc) is 2.48. The van der Waals surface area contributed by atoms with Crippen LogP contribution in [0.5, 0.6) is 0 Å². The number of nitro benzene ring substituents is 2. The molecule has 0 fully saturated rings. The van der Waals surface area contributed by atoms with E-state index in [1.165, 1.54) is 24.3 Å². The number of benzene rings is 2. The molecule has 108 valence electrons. The molecule has 0 spiro atoms. The van der Waals surface area contributed by atoms with E-state index >= 15 is 0 Å². The van der Waals surface area contributed by atoms with Crippen molar-refractivity contribution in [2.24, 2.45) is 0 Å². The summed E-state index contributed by atoms with van der Waals surface area (Å²) in [5.41, 5.74) is -0.0482. The molecule has 2 aromatic rings. The second-order valence-electron chi connectivity index (χ2n) is 3.74. The molecular formula is C12H8N2O5S2. The topological polar surface area (TPSA) is 95.5 Å². The van der Waals surface area contributed by atoms with Crippen LogP contribution in [-0.4, -0.2) is 9.85 Å². The first kappa shape index (κ1) is 15.3. The standard InChI is InChI=1S/C12H8N2O5S2/c15-13(16)9-3-1-5-11(7-9)20-19-21-12-6-2-4-10(8-12)14(17)18/h1-8H. The average molecular weight is 324 g/mol. The van der Waals surface area contributed by atoms with Crippen LogP contribution >= 0.6 is 24.1 Å². The highest BCUT2D eigenvalue weighted by Gasteiger charge is 2.09. The molecule has 0 aliphatic rings. The van der Waals surface area contributed by atoms with Gasteiger partial charge in [0, 0.05) is 58.1 Å². The van der Waals surface area contributed by atoms with E-state index in [2.05, 4.69) is 0 Å². The van der Waals surface area contributed by atoms with Crippen molar-refractivity contribution in [1.82, 2.24) is 0 Å². The van der Waals surface area contributed by atoms with Crippen LogP contribution in [-0.2, 0) is 3.63 Å². The molecule has 2 rings (SSSR count). The summed E-state index contributed by atoms with van der Waals surface area (Å²) in [7, 11) is 0. The molecule has 0 saturated carbocycles. The fraction of sp³-hybridized carbons (Fsp3) is 0. The normalized spacial score (nSPS) is 10.3. The summed E-state index contributed by atoms with van der Waals surface area (Å²) in [6.07, 6.45) is 0. The van der Waals surface area contributed by atoms with Gasteiger partial charge in [-0.1, -0.05) is 12.1 Å². The van der Waals surface area contributed by atoms with E-state index in [1.807, 2.05) is 0 Å². The fourth-order valence-electron chi connectivity index (χ4n) is 1.39. The molecule has 0 atom stereocenters. The lowest BCUT2D eigenvalue weighted by molar-refractivity contribution is -0.385. The minimum absolute atomic E-state index is 0.0241. The minimum atomic E-state index is -0.488. The summed E-state index contributed by atoms with van der Waals surface area (Å²) in [6, 6.07) is 12.0. The summed E-state index contributed by atoms with van der Waals surface area (Å²) in [5.74, 6) is 0. The largest absolute Gasteiger partial charge is 0.270 e. The lowest BCUT2D eigenvalue weighted by Crippen LogP contribution is -1.87. The van der Waals surface area contributed by atoms with Gasteiger partial charge in [-0.15, -0.1) is 0 Å². The van der Waals surface area contributed by atoms with Crippen molar-refractivity contribution in [1.29, 1.82) is 0 Å². The molecule has 0 unspecified atom stereocenters. The van der Waals surface area contributed by atoms with Gasteiger partial charge in [-0.3, -0.25) is 20.2 Å². The quantitative estimate of drug-likeness (QED) is 0.445. The monoisotopic (exact) mass is 324 g/mol. The molecule has 2 aromatic carbocycles. The molecular weight excluding hydrogens is 316 g/mol. The highest BCUT2D eigenvalue weighted by Crippen LogP contribution is 2.32. The maximum Gasteiger partial charge on any atom is 0.270 e. The number of nitro groups is 2. The van der Waals surface area contributed by atoms with Crippen LogP contribution in [0.3, 0.4) is 0 Å². The number of rotatable bonds is 6. The Labute approximate surface area is 128 Å². The lowest BCUT2D eigenvalue weighted by Gasteiger charge is -2.01. The van der Waals surface area contributed by atoms with Gasteiger partial charge in [-0.05, 0) is 12.1 Å². The zero-order valence-corrected chi connectivity index (χ0v) is 12.0. The predicted molar refractivity (Wildman–Crippen MR) is 79.0 cm³/mol. The van der Waals surface area contributed by atoms with Crippen molar-refractivity contribution >= 4 is 35.5 Å². The Morgan fingerprint density at radius 2 is 1.24 bits per heavy atom. The van der Waals surface area contributed by atoms with Crippen LogP contribution in [0.2, 0.25) is 0 Å². The Bertz CT molecular complexity index is 623. The summed E-state index contributed by atoms with van der Waals surface area (Å²) in [5, 5.41) is 21.3. The summed E-state index contributed by atoms with van der Waals surface area (Å²) in [6.45, 7) is 0. The summed E-state index contributed by atoms with van der Waals surface area (Å²) >= 11 is 1.90. The van der Waals surface area contributed by atoms with Gasteiger partial charge in [-0.2, -0.15) is 0 Å². The Hall–Kier alpha value is -2.10. The Kier molecular flexibility index (Phi) is 5.14. The molecule has 0 aromatic heterocycles. The molecule has 0 radical (unpaired) electrons. The van der Waals surface area contributed by atoms with E-state index in [-0.39, 0.29) is 11.4 Å². The van der Waals surface area contributed by atoms with Crippen molar-refractivity contribution < 1.29 is 13.5 Å². The van der Waals surface area contributed by atoms with Crippen molar-refractivity contribution in [3.8, 4) is 0 Å². The third-order valence-corrected chi connectivity index (χ3v) is 3.75. The van der Waals surface area contributed by atoms with E-state index in [1.54, 1.807) is 24.3 Å². The first-order chi connectivity index (χ1) is 10.1. The number of hydrogen-bond donors (Lipinski definition) is 0. The SMILES string of the molecule is O=[N+]([O-])c1cccc(SOSc2cccc([N+](=O)[O-])c2)c1. The summed E-state index contributed by atoms with van der Waals surface area (Å²) in [4.78, 5) is 21.4. The van der Waals surface area contributed by atoms with Gasteiger partial charge >= 0.3 is 0 Å². The molecule has 0 N–H and O–H groups in total. The van der Waals surface area contributed by atoms with Crippen molar-refractivity contribution in [3.05, 3.63) is 68.8 Å². The van der Waals surface area contributed by atoms with E-state index in [9.17, 15) is 20.2 Å². The maximum atomic E-state index is 10.6. The number of nitrogens with zero attached hydrogens (tertiary/aromatic N) is 2. The van der Waals surface area contributed by atoms with E-state index in [4.69, 9.17) is 3.63 Å². The smallest absolute Gasteiger partial charge is 0.258 e. The van der Waals surface area contributed by atoms with E-state index < -0.39 is 9.85 Å². The lowest BCUT2D eigenvalue weighted by atomic mass is 10.3. The highest BCUT2D eigenvalue weighted by molar-refractivity contribution is 8.07. The number of hydrogen-bond acceptors (Lipinski definition) is 7. The van der Waals surface area contributed by atoms with Crippen molar-refractivity contribution in [2.75, 3.05) is 0 Å². The van der Waals surface area contributed by atoms with Gasteiger partial charge in [0.05, 0.1) is 9.85 Å². The molecule has 0 bridgehead atoms. The highest BCUT2D eigenvalue weighted by atomic mass is 32.2. The molecule has 0 aliphatic carbocycles. The van der Waals surface area contributed by atoms with Gasteiger partial charge < -0.3 is 0 Å². The van der Waals surface area contributed by atoms with Crippen LogP contribution in [0.4, 0.5) is 11.4 Å². The molecule has 7 nitrogen and oxygen atoms in total. The van der Waals surface area contributed by atoms with Gasteiger partial charge in [0.2, 0.25) is 0 Å². The van der Waals surface area contributed by atoms with Crippen LogP contribution in [0, 0.1) is 20.2 Å². The molecule has 0 aliphatic heterocycles. The maximum absolute atomic E-state index is 10.6. The Morgan fingerprint density at radius 1 is 0.810 bits per heavy atom. The molecule has 0 heterocycles. The molecule has 9 heteroatoms. The third kappa shape index (κ3) is 4.45. The first-order valence-corrected chi connectivity index (χ1v) is 7.04. The van der Waals surface area contributed by atoms with Gasteiger partial charge in [0.25, 0.3) is 11.4 Å². The number of non-ortho nitro benzene ring substituents is 2. The second-order valence-corrected chi connectivity index (χ2v) is 5.56. The molecule has 0 saturated heterocycles. The van der Waals surface area contributed by atoms with Crippen LogP contribution in [0.15, 0.2) is 58.3 Å². The molecule has 21 heavy (non-hydrogen) atoms. The minimum Gasteiger partial charge on any atom is -0.258 e. The zero-order valence-electron chi connectivity index (χ0n) is 10.4. The van der Waals surface area contributed by atoms with Crippen molar-refractivity contribution in [3.63, 3.8) is 0 Å². The predicted octanol–water partition coefficient (Wildman–Crippen LogP) is 4.23. The molecule has 0 amide bonds. The van der Waals surface area contributed by atoms with Crippen LogP contribution in [0.1, 0.15) is 0 Å². The van der Waals surface area contributed by atoms with Gasteiger partial charge in [0.15, 0.2) is 0 Å². The van der Waals surface area contributed by atoms with Crippen LogP contribution in [0.25, 0.3) is 0 Å². The first-order valence-electron chi connectivity index (χ1n) is 5.56. The van der Waals surface area contributed by atoms with Gasteiger partial charge in [0.1, 0.15) is 0 Å². The zero-order chi connectivity index (χ0) is 15.2. The summed E-state index contributed by atoms with van der Waals surface area (Å²) < 4.78 is 5.26. The second kappa shape index (κ2) is 7.07. The third-order valence-electron chi connectivity index (χ3n) is 2.32. The van der Waals surface area contributed by atoms with Crippen LogP contribution < -0.4 is 0 Å². The van der Waals surface area contributed by atoms with Crippen molar-refractivity contribution in [2.45, 2.75) is 9.79 Å². The fourth-order valence-corrected chi connectivity index (χ4v) is 2.76. The van der Waals surface area contributed by atoms with E-state index in [0.717, 1.165) is 24.1 Å². The van der Waals surface area contributed by atoms with Gasteiger partial charge in [-0.25, -0.2) is 3.63 Å². The Balaban J connectivity index is 1.95. The Morgan fingerprint density at radius 3 is 1.62 bits per heavy atom. The van der Waals surface area contributed by atoms with E-state index in [0.29, 0.717) is 9.79 Å².